The summed E-state index contributed by atoms with van der Waals surface area (Å²) >= 11 is 0. The SMILES string of the molecule is COc1ccc(CNC(=O)[C@@H](C)Oc2ccc(C(=O)c3ccccc3)cc2)cc1. The van der Waals surface area contributed by atoms with Gasteiger partial charge in [0.05, 0.1) is 7.11 Å². The Morgan fingerprint density at radius 1 is 0.828 bits per heavy atom. The molecule has 0 unspecified atom stereocenters. The number of benzene rings is 3. The van der Waals surface area contributed by atoms with Gasteiger partial charge >= 0.3 is 0 Å². The van der Waals surface area contributed by atoms with Crippen LogP contribution in [0.2, 0.25) is 0 Å². The second kappa shape index (κ2) is 9.55. The Kier molecular flexibility index (Phi) is 6.63. The van der Waals surface area contributed by atoms with Crippen LogP contribution in [0.5, 0.6) is 11.5 Å². The van der Waals surface area contributed by atoms with Crippen LogP contribution in [-0.2, 0) is 11.3 Å². The fourth-order valence-electron chi connectivity index (χ4n) is 2.78. The molecule has 1 amide bonds. The van der Waals surface area contributed by atoms with Crippen LogP contribution in [0, 0.1) is 0 Å². The lowest BCUT2D eigenvalue weighted by Gasteiger charge is -2.15. The molecule has 29 heavy (non-hydrogen) atoms. The lowest BCUT2D eigenvalue weighted by atomic mass is 10.0. The van der Waals surface area contributed by atoms with E-state index in [0.717, 1.165) is 11.3 Å². The predicted octanol–water partition coefficient (Wildman–Crippen LogP) is 4.01. The van der Waals surface area contributed by atoms with Gasteiger partial charge in [-0.15, -0.1) is 0 Å². The number of ether oxygens (including phenoxy) is 2. The zero-order chi connectivity index (χ0) is 20.6. The smallest absolute Gasteiger partial charge is 0.261 e. The third kappa shape index (κ3) is 5.45. The van der Waals surface area contributed by atoms with Gasteiger partial charge in [0.2, 0.25) is 0 Å². The van der Waals surface area contributed by atoms with Crippen molar-refractivity contribution in [2.75, 3.05) is 7.11 Å². The second-order valence-corrected chi connectivity index (χ2v) is 6.55. The Morgan fingerprint density at radius 3 is 2.03 bits per heavy atom. The van der Waals surface area contributed by atoms with E-state index in [2.05, 4.69) is 5.32 Å². The van der Waals surface area contributed by atoms with Gasteiger partial charge in [-0.05, 0) is 48.9 Å². The minimum absolute atomic E-state index is 0.0533. The molecule has 0 aliphatic heterocycles. The lowest BCUT2D eigenvalue weighted by molar-refractivity contribution is -0.127. The summed E-state index contributed by atoms with van der Waals surface area (Å²) in [6, 6.07) is 23.4. The molecule has 5 nitrogen and oxygen atoms in total. The Hall–Kier alpha value is -3.60. The first-order chi connectivity index (χ1) is 14.1. The number of carbonyl (C=O) groups is 2. The number of rotatable bonds is 8. The summed E-state index contributed by atoms with van der Waals surface area (Å²) in [6.45, 7) is 2.09. The van der Waals surface area contributed by atoms with Crippen molar-refractivity contribution in [2.24, 2.45) is 0 Å². The van der Waals surface area contributed by atoms with Crippen molar-refractivity contribution in [1.82, 2.24) is 5.32 Å². The highest BCUT2D eigenvalue weighted by molar-refractivity contribution is 6.08. The van der Waals surface area contributed by atoms with Gasteiger partial charge in [0.15, 0.2) is 11.9 Å². The number of carbonyl (C=O) groups excluding carboxylic acids is 2. The van der Waals surface area contributed by atoms with E-state index in [9.17, 15) is 9.59 Å². The van der Waals surface area contributed by atoms with Gasteiger partial charge in [-0.1, -0.05) is 42.5 Å². The highest BCUT2D eigenvalue weighted by Crippen LogP contribution is 2.17. The highest BCUT2D eigenvalue weighted by Gasteiger charge is 2.15. The van der Waals surface area contributed by atoms with Crippen LogP contribution in [0.4, 0.5) is 0 Å². The number of hydrogen-bond acceptors (Lipinski definition) is 4. The van der Waals surface area contributed by atoms with Gasteiger partial charge in [0.1, 0.15) is 11.5 Å². The molecule has 0 heterocycles. The summed E-state index contributed by atoms with van der Waals surface area (Å²) in [6.07, 6.45) is -0.663. The van der Waals surface area contributed by atoms with Crippen LogP contribution in [-0.4, -0.2) is 24.9 Å². The van der Waals surface area contributed by atoms with Crippen LogP contribution in [0.15, 0.2) is 78.9 Å². The van der Waals surface area contributed by atoms with Crippen molar-refractivity contribution < 1.29 is 19.1 Å². The normalized spacial score (nSPS) is 11.4. The first kappa shape index (κ1) is 20.1. The topological polar surface area (TPSA) is 64.6 Å². The molecule has 1 N–H and O–H groups in total. The van der Waals surface area contributed by atoms with E-state index in [1.165, 1.54) is 0 Å². The van der Waals surface area contributed by atoms with Crippen LogP contribution in [0.3, 0.4) is 0 Å². The molecule has 148 valence electrons. The second-order valence-electron chi connectivity index (χ2n) is 6.55. The quantitative estimate of drug-likeness (QED) is 0.591. The van der Waals surface area contributed by atoms with E-state index in [-0.39, 0.29) is 11.7 Å². The van der Waals surface area contributed by atoms with Crippen molar-refractivity contribution in [1.29, 1.82) is 0 Å². The Balaban J connectivity index is 1.53. The third-order valence-electron chi connectivity index (χ3n) is 4.46. The average Bonchev–Trinajstić information content (AvgIpc) is 2.78. The highest BCUT2D eigenvalue weighted by atomic mass is 16.5. The van der Waals surface area contributed by atoms with Crippen molar-refractivity contribution in [2.45, 2.75) is 19.6 Å². The molecular formula is C24H23NO4. The fraction of sp³-hybridized carbons (Fsp3) is 0.167. The zero-order valence-corrected chi connectivity index (χ0v) is 16.4. The molecule has 0 aromatic heterocycles. The maximum absolute atomic E-state index is 12.4. The minimum atomic E-state index is -0.663. The number of hydrogen-bond donors (Lipinski definition) is 1. The standard InChI is InChI=1S/C24H23NO4/c1-17(24(27)25-16-18-8-12-21(28-2)13-9-18)29-22-14-10-20(11-15-22)23(26)19-6-4-3-5-7-19/h3-15,17H,16H2,1-2H3,(H,25,27)/t17-/m1/s1. The maximum atomic E-state index is 12.4. The maximum Gasteiger partial charge on any atom is 0.261 e. The van der Waals surface area contributed by atoms with Crippen LogP contribution < -0.4 is 14.8 Å². The van der Waals surface area contributed by atoms with Gasteiger partial charge < -0.3 is 14.8 Å². The predicted molar refractivity (Wildman–Crippen MR) is 111 cm³/mol. The monoisotopic (exact) mass is 389 g/mol. The van der Waals surface area contributed by atoms with Crippen molar-refractivity contribution in [3.05, 3.63) is 95.6 Å². The fourth-order valence-corrected chi connectivity index (χ4v) is 2.78. The van der Waals surface area contributed by atoms with Crippen LogP contribution in [0.25, 0.3) is 0 Å². The molecule has 0 saturated heterocycles. The zero-order valence-electron chi connectivity index (χ0n) is 16.4. The first-order valence-corrected chi connectivity index (χ1v) is 9.34. The molecule has 0 saturated carbocycles. The van der Waals surface area contributed by atoms with E-state index in [4.69, 9.17) is 9.47 Å². The van der Waals surface area contributed by atoms with E-state index in [1.54, 1.807) is 50.4 Å². The molecule has 0 fully saturated rings. The van der Waals surface area contributed by atoms with Crippen molar-refractivity contribution >= 4 is 11.7 Å². The minimum Gasteiger partial charge on any atom is -0.497 e. The number of ketones is 1. The van der Waals surface area contributed by atoms with Crippen LogP contribution >= 0.6 is 0 Å². The molecule has 3 aromatic rings. The molecule has 5 heteroatoms. The number of methoxy groups -OCH3 is 1. The van der Waals surface area contributed by atoms with E-state index in [1.807, 2.05) is 42.5 Å². The van der Waals surface area contributed by atoms with Crippen molar-refractivity contribution in [3.63, 3.8) is 0 Å². The molecule has 3 rings (SSSR count). The number of nitrogens with one attached hydrogen (secondary N) is 1. The van der Waals surface area contributed by atoms with E-state index >= 15 is 0 Å². The molecule has 0 aliphatic rings. The van der Waals surface area contributed by atoms with Crippen molar-refractivity contribution in [3.8, 4) is 11.5 Å². The molecule has 0 aliphatic carbocycles. The van der Waals surface area contributed by atoms with E-state index in [0.29, 0.717) is 23.4 Å². The van der Waals surface area contributed by atoms with Crippen LogP contribution in [0.1, 0.15) is 28.4 Å². The molecular weight excluding hydrogens is 366 g/mol. The summed E-state index contributed by atoms with van der Waals surface area (Å²) < 4.78 is 10.8. The molecule has 1 atom stereocenters. The average molecular weight is 389 g/mol. The van der Waals surface area contributed by atoms with Gasteiger partial charge in [0, 0.05) is 17.7 Å². The Morgan fingerprint density at radius 2 is 1.41 bits per heavy atom. The molecule has 0 bridgehead atoms. The summed E-state index contributed by atoms with van der Waals surface area (Å²) in [7, 11) is 1.61. The third-order valence-corrected chi connectivity index (χ3v) is 4.46. The Labute approximate surface area is 170 Å². The van der Waals surface area contributed by atoms with Gasteiger partial charge in [-0.2, -0.15) is 0 Å². The lowest BCUT2D eigenvalue weighted by Crippen LogP contribution is -2.35. The summed E-state index contributed by atoms with van der Waals surface area (Å²) in [4.78, 5) is 24.7. The summed E-state index contributed by atoms with van der Waals surface area (Å²) in [5, 5.41) is 2.85. The first-order valence-electron chi connectivity index (χ1n) is 9.34. The molecule has 3 aromatic carbocycles. The molecule has 0 spiro atoms. The largest absolute Gasteiger partial charge is 0.497 e. The number of amides is 1. The summed E-state index contributed by atoms with van der Waals surface area (Å²) in [5.41, 5.74) is 2.17. The Bertz CT molecular complexity index is 950. The van der Waals surface area contributed by atoms with Gasteiger partial charge in [-0.25, -0.2) is 0 Å². The van der Waals surface area contributed by atoms with Gasteiger partial charge in [0.25, 0.3) is 5.91 Å². The molecule has 0 radical (unpaired) electrons. The summed E-state index contributed by atoms with van der Waals surface area (Å²) in [5.74, 6) is 1.03. The van der Waals surface area contributed by atoms with Gasteiger partial charge in [-0.3, -0.25) is 9.59 Å². The van der Waals surface area contributed by atoms with E-state index < -0.39 is 6.10 Å².